The molecule has 2 unspecified atom stereocenters. The van der Waals surface area contributed by atoms with E-state index >= 15 is 0 Å². The summed E-state index contributed by atoms with van der Waals surface area (Å²) >= 11 is 0. The topological polar surface area (TPSA) is 104 Å². The Hall–Kier alpha value is -0.660. The van der Waals surface area contributed by atoms with Crippen LogP contribution in [0, 0.1) is 5.92 Å². The number of hydrogen-bond donors (Lipinski definition) is 3. The summed E-state index contributed by atoms with van der Waals surface area (Å²) in [5, 5.41) is 20.7. The third-order valence-corrected chi connectivity index (χ3v) is 4.64. The minimum absolute atomic E-state index is 0.0399. The Morgan fingerprint density at radius 2 is 2.18 bits per heavy atom. The highest BCUT2D eigenvalue weighted by Gasteiger charge is 2.29. The average Bonchev–Trinajstić information content (AvgIpc) is 2.55. The van der Waals surface area contributed by atoms with Gasteiger partial charge in [-0.15, -0.1) is 0 Å². The van der Waals surface area contributed by atoms with E-state index in [1.165, 1.54) is 6.92 Å². The predicted molar refractivity (Wildman–Crippen MR) is 62.1 cm³/mol. The molecule has 6 nitrogen and oxygen atoms in total. The summed E-state index contributed by atoms with van der Waals surface area (Å²) in [7, 11) is -2.96. The van der Waals surface area contributed by atoms with Crippen molar-refractivity contribution in [2.45, 2.75) is 25.4 Å². The standard InChI is InChI=1S/C10H19NO5S/c1-10(14,7-12)6-11-9(13)4-8-2-3-17(15,16)5-8/h8,12,14H,2-7H2,1H3,(H,11,13). The SMILES string of the molecule is CC(O)(CO)CNC(=O)CC1CCS(=O)(=O)C1. The first kappa shape index (κ1) is 14.4. The minimum atomic E-state index is -2.96. The summed E-state index contributed by atoms with van der Waals surface area (Å²) in [6, 6.07) is 0. The molecule has 1 saturated heterocycles. The molecule has 1 rings (SSSR count). The maximum absolute atomic E-state index is 11.5. The van der Waals surface area contributed by atoms with E-state index < -0.39 is 22.0 Å². The molecule has 0 aliphatic carbocycles. The highest BCUT2D eigenvalue weighted by Crippen LogP contribution is 2.21. The molecular formula is C10H19NO5S. The largest absolute Gasteiger partial charge is 0.393 e. The van der Waals surface area contributed by atoms with E-state index in [0.29, 0.717) is 6.42 Å². The highest BCUT2D eigenvalue weighted by atomic mass is 32.2. The average molecular weight is 265 g/mol. The van der Waals surface area contributed by atoms with Crippen molar-refractivity contribution >= 4 is 15.7 Å². The lowest BCUT2D eigenvalue weighted by Gasteiger charge is -2.21. The van der Waals surface area contributed by atoms with Gasteiger partial charge in [-0.2, -0.15) is 0 Å². The Morgan fingerprint density at radius 3 is 2.65 bits per heavy atom. The molecule has 0 radical (unpaired) electrons. The third kappa shape index (κ3) is 5.01. The molecule has 1 heterocycles. The van der Waals surface area contributed by atoms with Crippen LogP contribution < -0.4 is 5.32 Å². The van der Waals surface area contributed by atoms with Gasteiger partial charge in [0.05, 0.1) is 18.1 Å². The summed E-state index contributed by atoms with van der Waals surface area (Å²) in [6.45, 7) is 0.931. The number of nitrogens with one attached hydrogen (secondary N) is 1. The highest BCUT2D eigenvalue weighted by molar-refractivity contribution is 7.91. The van der Waals surface area contributed by atoms with Crippen LogP contribution in [0.3, 0.4) is 0 Å². The monoisotopic (exact) mass is 265 g/mol. The van der Waals surface area contributed by atoms with Crippen LogP contribution in [0.15, 0.2) is 0 Å². The van der Waals surface area contributed by atoms with Crippen molar-refractivity contribution in [1.29, 1.82) is 0 Å². The second-order valence-corrected chi connectivity index (χ2v) is 7.13. The van der Waals surface area contributed by atoms with Crippen molar-refractivity contribution in [3.05, 3.63) is 0 Å². The molecule has 17 heavy (non-hydrogen) atoms. The molecule has 1 amide bonds. The van der Waals surface area contributed by atoms with Crippen LogP contribution in [-0.2, 0) is 14.6 Å². The molecule has 1 aliphatic heterocycles. The summed E-state index contributed by atoms with van der Waals surface area (Å²) in [5.41, 5.74) is -1.34. The Labute approximate surface area is 101 Å². The van der Waals surface area contributed by atoms with Gasteiger partial charge in [-0.1, -0.05) is 0 Å². The van der Waals surface area contributed by atoms with E-state index in [2.05, 4.69) is 5.32 Å². The van der Waals surface area contributed by atoms with Crippen LogP contribution in [0.25, 0.3) is 0 Å². The van der Waals surface area contributed by atoms with Gasteiger partial charge in [-0.3, -0.25) is 4.79 Å². The lowest BCUT2D eigenvalue weighted by atomic mass is 10.0. The molecule has 0 aromatic carbocycles. The molecule has 7 heteroatoms. The van der Waals surface area contributed by atoms with Crippen LogP contribution in [-0.4, -0.2) is 54.8 Å². The molecule has 0 aromatic heterocycles. The number of amides is 1. The fraction of sp³-hybridized carbons (Fsp3) is 0.900. The number of hydrogen-bond acceptors (Lipinski definition) is 5. The maximum atomic E-state index is 11.5. The molecule has 0 saturated carbocycles. The quantitative estimate of drug-likeness (QED) is 0.571. The Bertz CT molecular complexity index is 376. The molecule has 0 aromatic rings. The molecule has 0 spiro atoms. The lowest BCUT2D eigenvalue weighted by Crippen LogP contribution is -2.43. The van der Waals surface area contributed by atoms with Crippen molar-refractivity contribution in [1.82, 2.24) is 5.32 Å². The fourth-order valence-electron chi connectivity index (χ4n) is 1.71. The van der Waals surface area contributed by atoms with Crippen LogP contribution in [0.5, 0.6) is 0 Å². The summed E-state index contributed by atoms with van der Waals surface area (Å²) in [6.07, 6.45) is 0.673. The number of carbonyl (C=O) groups is 1. The fourth-order valence-corrected chi connectivity index (χ4v) is 3.57. The Morgan fingerprint density at radius 1 is 1.53 bits per heavy atom. The van der Waals surface area contributed by atoms with Gasteiger partial charge in [0.1, 0.15) is 5.60 Å². The Balaban J connectivity index is 2.32. The van der Waals surface area contributed by atoms with Gasteiger partial charge in [-0.25, -0.2) is 8.42 Å². The zero-order chi connectivity index (χ0) is 13.1. The zero-order valence-electron chi connectivity index (χ0n) is 9.85. The third-order valence-electron chi connectivity index (χ3n) is 2.81. The van der Waals surface area contributed by atoms with Gasteiger partial charge in [0.25, 0.3) is 0 Å². The normalized spacial score (nSPS) is 26.4. The number of sulfone groups is 1. The van der Waals surface area contributed by atoms with E-state index in [4.69, 9.17) is 5.11 Å². The minimum Gasteiger partial charge on any atom is -0.393 e. The van der Waals surface area contributed by atoms with Crippen LogP contribution >= 0.6 is 0 Å². The van der Waals surface area contributed by atoms with Gasteiger partial charge in [0.15, 0.2) is 9.84 Å². The number of aliphatic hydroxyl groups excluding tert-OH is 1. The van der Waals surface area contributed by atoms with Gasteiger partial charge >= 0.3 is 0 Å². The van der Waals surface area contributed by atoms with Crippen molar-refractivity contribution in [3.63, 3.8) is 0 Å². The van der Waals surface area contributed by atoms with E-state index in [9.17, 15) is 18.3 Å². The van der Waals surface area contributed by atoms with E-state index in [-0.39, 0.29) is 36.3 Å². The van der Waals surface area contributed by atoms with Crippen molar-refractivity contribution in [2.24, 2.45) is 5.92 Å². The smallest absolute Gasteiger partial charge is 0.220 e. The zero-order valence-corrected chi connectivity index (χ0v) is 10.7. The van der Waals surface area contributed by atoms with E-state index in [0.717, 1.165) is 0 Å². The lowest BCUT2D eigenvalue weighted by molar-refractivity contribution is -0.123. The van der Waals surface area contributed by atoms with E-state index in [1.807, 2.05) is 0 Å². The number of rotatable bonds is 5. The summed E-state index contributed by atoms with van der Waals surface area (Å²) in [5.74, 6) is -0.198. The molecule has 0 bridgehead atoms. The molecule has 1 aliphatic rings. The Kier molecular flexibility index (Phi) is 4.51. The first-order valence-corrected chi connectivity index (χ1v) is 7.36. The van der Waals surface area contributed by atoms with Crippen LogP contribution in [0.2, 0.25) is 0 Å². The molecule has 1 fully saturated rings. The first-order chi connectivity index (χ1) is 7.74. The number of aliphatic hydroxyl groups is 2. The van der Waals surface area contributed by atoms with Gasteiger partial charge in [0, 0.05) is 13.0 Å². The molecule has 100 valence electrons. The second-order valence-electron chi connectivity index (χ2n) is 4.90. The van der Waals surface area contributed by atoms with Gasteiger partial charge in [0.2, 0.25) is 5.91 Å². The number of carbonyl (C=O) groups excluding carboxylic acids is 1. The molecular weight excluding hydrogens is 246 g/mol. The van der Waals surface area contributed by atoms with Crippen LogP contribution in [0.4, 0.5) is 0 Å². The molecule has 3 N–H and O–H groups in total. The van der Waals surface area contributed by atoms with E-state index in [1.54, 1.807) is 0 Å². The van der Waals surface area contributed by atoms with Crippen molar-refractivity contribution < 1.29 is 23.4 Å². The molecule has 2 atom stereocenters. The van der Waals surface area contributed by atoms with Crippen LogP contribution in [0.1, 0.15) is 19.8 Å². The maximum Gasteiger partial charge on any atom is 0.220 e. The van der Waals surface area contributed by atoms with Crippen molar-refractivity contribution in [2.75, 3.05) is 24.7 Å². The summed E-state index contributed by atoms with van der Waals surface area (Å²) in [4.78, 5) is 11.5. The predicted octanol–water partition coefficient (Wildman–Crippen LogP) is -1.33. The summed E-state index contributed by atoms with van der Waals surface area (Å²) < 4.78 is 22.4. The van der Waals surface area contributed by atoms with Crippen molar-refractivity contribution in [3.8, 4) is 0 Å². The van der Waals surface area contributed by atoms with Gasteiger partial charge in [-0.05, 0) is 19.3 Å². The second kappa shape index (κ2) is 5.32. The van der Waals surface area contributed by atoms with Gasteiger partial charge < -0.3 is 15.5 Å². The first-order valence-electron chi connectivity index (χ1n) is 5.54.